The lowest BCUT2D eigenvalue weighted by Gasteiger charge is -2.06. The van der Waals surface area contributed by atoms with Crippen molar-refractivity contribution in [3.05, 3.63) is 52.5 Å². The number of carbonyl (C=O) groups is 1. The van der Waals surface area contributed by atoms with Crippen molar-refractivity contribution >= 4 is 27.5 Å². The van der Waals surface area contributed by atoms with Crippen molar-refractivity contribution in [2.45, 2.75) is 0 Å². The Morgan fingerprint density at radius 3 is 2.82 bits per heavy atom. The maximum Gasteiger partial charge on any atom is 0.257 e. The fourth-order valence-corrected chi connectivity index (χ4v) is 1.56. The highest BCUT2D eigenvalue weighted by atomic mass is 79.9. The molecule has 1 amide bonds. The van der Waals surface area contributed by atoms with Gasteiger partial charge < -0.3 is 5.32 Å². The van der Waals surface area contributed by atoms with Crippen molar-refractivity contribution < 1.29 is 9.18 Å². The molecule has 2 aromatic rings. The molecule has 1 aromatic carbocycles. The average Bonchev–Trinajstić information content (AvgIpc) is 2.35. The minimum atomic E-state index is -0.420. The van der Waals surface area contributed by atoms with Crippen LogP contribution >= 0.6 is 15.9 Å². The molecule has 0 aliphatic carbocycles. The minimum Gasteiger partial charge on any atom is -0.321 e. The zero-order chi connectivity index (χ0) is 12.3. The number of anilines is 1. The molecular formula is C11H7BrFN3O. The number of nitrogens with one attached hydrogen (secondary N) is 1. The minimum absolute atomic E-state index is 0.358. The second-order valence-electron chi connectivity index (χ2n) is 3.21. The van der Waals surface area contributed by atoms with Gasteiger partial charge in [-0.3, -0.25) is 4.79 Å². The second kappa shape index (κ2) is 5.01. The third-order valence-corrected chi connectivity index (χ3v) is 2.71. The summed E-state index contributed by atoms with van der Waals surface area (Å²) in [7, 11) is 0. The fourth-order valence-electron chi connectivity index (χ4n) is 1.21. The molecule has 0 atom stereocenters. The summed E-state index contributed by atoms with van der Waals surface area (Å²) in [6.07, 6.45) is 2.75. The summed E-state index contributed by atoms with van der Waals surface area (Å²) in [4.78, 5) is 11.8. The Kier molecular flexibility index (Phi) is 3.43. The van der Waals surface area contributed by atoms with Crippen molar-refractivity contribution in [1.82, 2.24) is 10.2 Å². The van der Waals surface area contributed by atoms with E-state index in [0.717, 1.165) is 0 Å². The van der Waals surface area contributed by atoms with Crippen LogP contribution in [0.2, 0.25) is 0 Å². The molecule has 0 bridgehead atoms. The number of nitrogens with zero attached hydrogens (tertiary/aromatic N) is 2. The molecule has 0 saturated heterocycles. The van der Waals surface area contributed by atoms with Crippen LogP contribution in [0, 0.1) is 5.82 Å². The number of amides is 1. The van der Waals surface area contributed by atoms with Gasteiger partial charge in [-0.25, -0.2) is 4.39 Å². The Balaban J connectivity index is 2.22. The van der Waals surface area contributed by atoms with Crippen molar-refractivity contribution in [2.75, 3.05) is 5.32 Å². The van der Waals surface area contributed by atoms with Crippen LogP contribution in [0.4, 0.5) is 10.1 Å². The normalized spacial score (nSPS) is 10.0. The molecule has 6 heteroatoms. The van der Waals surface area contributed by atoms with Gasteiger partial charge in [0.05, 0.1) is 23.6 Å². The molecule has 0 unspecified atom stereocenters. The van der Waals surface area contributed by atoms with Crippen molar-refractivity contribution in [3.8, 4) is 0 Å². The lowest BCUT2D eigenvalue weighted by molar-refractivity contribution is 0.102. The SMILES string of the molecule is O=C(Nc1cc(F)ccc1Br)c1ccnnc1. The van der Waals surface area contributed by atoms with E-state index in [0.29, 0.717) is 15.7 Å². The zero-order valence-electron chi connectivity index (χ0n) is 8.52. The third-order valence-electron chi connectivity index (χ3n) is 2.02. The number of rotatable bonds is 2. The van der Waals surface area contributed by atoms with Crippen molar-refractivity contribution in [1.29, 1.82) is 0 Å². The first-order chi connectivity index (χ1) is 8.16. The van der Waals surface area contributed by atoms with Gasteiger partial charge in [0, 0.05) is 4.47 Å². The van der Waals surface area contributed by atoms with E-state index in [1.54, 1.807) is 0 Å². The van der Waals surface area contributed by atoms with E-state index in [1.165, 1.54) is 36.7 Å². The molecule has 1 N–H and O–H groups in total. The van der Waals surface area contributed by atoms with Crippen molar-refractivity contribution in [3.63, 3.8) is 0 Å². The summed E-state index contributed by atoms with van der Waals surface area (Å²) in [6, 6.07) is 5.58. The third kappa shape index (κ3) is 2.85. The van der Waals surface area contributed by atoms with E-state index < -0.39 is 5.82 Å². The fraction of sp³-hybridized carbons (Fsp3) is 0. The predicted octanol–water partition coefficient (Wildman–Crippen LogP) is 2.63. The van der Waals surface area contributed by atoms with Crippen LogP contribution < -0.4 is 5.32 Å². The Morgan fingerprint density at radius 1 is 1.29 bits per heavy atom. The molecule has 0 radical (unpaired) electrons. The van der Waals surface area contributed by atoms with Crippen LogP contribution in [0.1, 0.15) is 10.4 Å². The first kappa shape index (κ1) is 11.7. The van der Waals surface area contributed by atoms with E-state index in [4.69, 9.17) is 0 Å². The predicted molar refractivity (Wildman–Crippen MR) is 64.1 cm³/mol. The Hall–Kier alpha value is -1.82. The topological polar surface area (TPSA) is 54.9 Å². The first-order valence-electron chi connectivity index (χ1n) is 4.70. The highest BCUT2D eigenvalue weighted by molar-refractivity contribution is 9.10. The van der Waals surface area contributed by atoms with E-state index >= 15 is 0 Å². The maximum absolute atomic E-state index is 13.0. The van der Waals surface area contributed by atoms with Gasteiger partial charge in [0.15, 0.2) is 0 Å². The van der Waals surface area contributed by atoms with Gasteiger partial charge in [0.1, 0.15) is 5.82 Å². The number of halogens is 2. The summed E-state index contributed by atoms with van der Waals surface area (Å²) in [6.45, 7) is 0. The van der Waals surface area contributed by atoms with E-state index in [-0.39, 0.29) is 5.91 Å². The first-order valence-corrected chi connectivity index (χ1v) is 5.49. The average molecular weight is 296 g/mol. The maximum atomic E-state index is 13.0. The van der Waals surface area contributed by atoms with E-state index in [9.17, 15) is 9.18 Å². The summed E-state index contributed by atoms with van der Waals surface area (Å²) in [5.74, 6) is -0.789. The number of benzene rings is 1. The number of carbonyl (C=O) groups excluding carboxylic acids is 1. The smallest absolute Gasteiger partial charge is 0.257 e. The highest BCUT2D eigenvalue weighted by Crippen LogP contribution is 2.23. The number of hydrogen-bond donors (Lipinski definition) is 1. The van der Waals surface area contributed by atoms with E-state index in [1.807, 2.05) is 0 Å². The summed E-state index contributed by atoms with van der Waals surface area (Å²) >= 11 is 3.22. The molecule has 1 heterocycles. The number of aromatic nitrogens is 2. The van der Waals surface area contributed by atoms with Gasteiger partial charge in [-0.15, -0.1) is 0 Å². The van der Waals surface area contributed by atoms with Crippen LogP contribution in [0.25, 0.3) is 0 Å². The van der Waals surface area contributed by atoms with Crippen LogP contribution in [-0.2, 0) is 0 Å². The Bertz CT molecular complexity index is 548. The molecular weight excluding hydrogens is 289 g/mol. The summed E-state index contributed by atoms with van der Waals surface area (Å²) in [5, 5.41) is 9.73. The van der Waals surface area contributed by atoms with Crippen LogP contribution in [-0.4, -0.2) is 16.1 Å². The molecule has 0 fully saturated rings. The summed E-state index contributed by atoms with van der Waals surface area (Å²) < 4.78 is 13.6. The number of hydrogen-bond acceptors (Lipinski definition) is 3. The van der Waals surface area contributed by atoms with Gasteiger partial charge in [-0.2, -0.15) is 10.2 Å². The molecule has 0 aliphatic heterocycles. The zero-order valence-corrected chi connectivity index (χ0v) is 10.1. The van der Waals surface area contributed by atoms with E-state index in [2.05, 4.69) is 31.4 Å². The van der Waals surface area contributed by atoms with Gasteiger partial charge in [0.25, 0.3) is 5.91 Å². The molecule has 0 aliphatic rings. The Morgan fingerprint density at radius 2 is 2.12 bits per heavy atom. The largest absolute Gasteiger partial charge is 0.321 e. The lowest BCUT2D eigenvalue weighted by Crippen LogP contribution is -2.12. The van der Waals surface area contributed by atoms with Crippen LogP contribution in [0.3, 0.4) is 0 Å². The standard InChI is InChI=1S/C11H7BrFN3O/c12-9-2-1-8(13)5-10(9)16-11(17)7-3-4-14-15-6-7/h1-6H,(H,16,17). The van der Waals surface area contributed by atoms with Gasteiger partial charge in [-0.05, 0) is 40.2 Å². The Labute approximate surface area is 105 Å². The second-order valence-corrected chi connectivity index (χ2v) is 4.06. The lowest BCUT2D eigenvalue weighted by atomic mass is 10.2. The molecule has 0 saturated carbocycles. The summed E-state index contributed by atoms with van der Waals surface area (Å²) in [5.41, 5.74) is 0.725. The molecule has 0 spiro atoms. The van der Waals surface area contributed by atoms with Gasteiger partial charge in [0.2, 0.25) is 0 Å². The van der Waals surface area contributed by atoms with Crippen LogP contribution in [0.5, 0.6) is 0 Å². The van der Waals surface area contributed by atoms with Crippen LogP contribution in [0.15, 0.2) is 41.1 Å². The van der Waals surface area contributed by atoms with Gasteiger partial charge >= 0.3 is 0 Å². The van der Waals surface area contributed by atoms with Crippen molar-refractivity contribution in [2.24, 2.45) is 0 Å². The molecule has 1 aromatic heterocycles. The monoisotopic (exact) mass is 295 g/mol. The molecule has 86 valence electrons. The molecule has 2 rings (SSSR count). The molecule has 17 heavy (non-hydrogen) atoms. The van der Waals surface area contributed by atoms with Gasteiger partial charge in [-0.1, -0.05) is 0 Å². The quantitative estimate of drug-likeness (QED) is 0.927. The molecule has 4 nitrogen and oxygen atoms in total. The highest BCUT2D eigenvalue weighted by Gasteiger charge is 2.09.